The van der Waals surface area contributed by atoms with Gasteiger partial charge in [-0.3, -0.25) is 4.90 Å². The fraction of sp³-hybridized carbons (Fsp3) is 0.625. The molecule has 0 aliphatic carbocycles. The largest absolute Gasteiger partial charge is 0.369 e. The Labute approximate surface area is 125 Å². The van der Waals surface area contributed by atoms with Crippen molar-refractivity contribution in [3.63, 3.8) is 0 Å². The summed E-state index contributed by atoms with van der Waals surface area (Å²) in [6.07, 6.45) is 0. The van der Waals surface area contributed by atoms with Crippen molar-refractivity contribution >= 4 is 21.6 Å². The fourth-order valence-corrected chi connectivity index (χ4v) is 3.55. The maximum Gasteiger partial charge on any atom is 0.0367 e. The van der Waals surface area contributed by atoms with Crippen LogP contribution in [-0.4, -0.2) is 43.0 Å². The molecule has 1 fully saturated rings. The van der Waals surface area contributed by atoms with Crippen molar-refractivity contribution in [2.45, 2.75) is 13.8 Å². The summed E-state index contributed by atoms with van der Waals surface area (Å²) in [6, 6.07) is 10.8. The van der Waals surface area contributed by atoms with Crippen LogP contribution in [0.3, 0.4) is 0 Å². The minimum atomic E-state index is 0.756. The molecule has 1 saturated heterocycles. The third-order valence-corrected chi connectivity index (χ3v) is 4.96. The first-order valence-corrected chi connectivity index (χ1v) is 8.41. The van der Waals surface area contributed by atoms with E-state index in [2.05, 4.69) is 69.9 Å². The van der Waals surface area contributed by atoms with Gasteiger partial charge in [0.15, 0.2) is 0 Å². The number of piperazine rings is 1. The highest BCUT2D eigenvalue weighted by Crippen LogP contribution is 2.19. The quantitative estimate of drug-likeness (QED) is 0.765. The number of halogens is 1. The van der Waals surface area contributed by atoms with E-state index in [1.807, 2.05) is 0 Å². The van der Waals surface area contributed by atoms with Gasteiger partial charge in [0.05, 0.1) is 0 Å². The molecule has 0 spiro atoms. The average molecular weight is 325 g/mol. The maximum atomic E-state index is 3.65. The summed E-state index contributed by atoms with van der Waals surface area (Å²) in [4.78, 5) is 5.11. The lowest BCUT2D eigenvalue weighted by atomic mass is 9.97. The van der Waals surface area contributed by atoms with Crippen molar-refractivity contribution < 1.29 is 0 Å². The van der Waals surface area contributed by atoms with Crippen LogP contribution < -0.4 is 4.90 Å². The van der Waals surface area contributed by atoms with Crippen LogP contribution in [0.2, 0.25) is 0 Å². The van der Waals surface area contributed by atoms with E-state index in [1.54, 1.807) is 0 Å². The number of para-hydroxylation sites is 1. The van der Waals surface area contributed by atoms with Crippen LogP contribution in [0, 0.1) is 11.8 Å². The summed E-state index contributed by atoms with van der Waals surface area (Å²) in [7, 11) is 0. The highest BCUT2D eigenvalue weighted by molar-refractivity contribution is 9.09. The number of hydrogen-bond donors (Lipinski definition) is 0. The molecule has 0 radical (unpaired) electrons. The van der Waals surface area contributed by atoms with Gasteiger partial charge in [-0.15, -0.1) is 0 Å². The van der Waals surface area contributed by atoms with Gasteiger partial charge in [-0.25, -0.2) is 0 Å². The van der Waals surface area contributed by atoms with Crippen LogP contribution in [-0.2, 0) is 0 Å². The third kappa shape index (κ3) is 4.22. The molecule has 1 heterocycles. The molecule has 1 aliphatic rings. The Balaban J connectivity index is 1.82. The maximum absolute atomic E-state index is 3.65. The summed E-state index contributed by atoms with van der Waals surface area (Å²) >= 11 is 3.65. The zero-order valence-electron chi connectivity index (χ0n) is 12.1. The van der Waals surface area contributed by atoms with E-state index in [1.165, 1.54) is 25.3 Å². The van der Waals surface area contributed by atoms with Crippen molar-refractivity contribution in [1.82, 2.24) is 4.90 Å². The first-order valence-electron chi connectivity index (χ1n) is 7.29. The zero-order chi connectivity index (χ0) is 13.7. The van der Waals surface area contributed by atoms with E-state index in [0.717, 1.165) is 30.3 Å². The number of hydrogen-bond acceptors (Lipinski definition) is 2. The molecule has 1 aromatic rings. The Kier molecular flexibility index (Phi) is 5.71. The van der Waals surface area contributed by atoms with Crippen LogP contribution >= 0.6 is 15.9 Å². The molecular weight excluding hydrogens is 300 g/mol. The molecule has 0 N–H and O–H groups in total. The molecule has 0 saturated carbocycles. The van der Waals surface area contributed by atoms with E-state index in [9.17, 15) is 0 Å². The Morgan fingerprint density at radius 2 is 1.68 bits per heavy atom. The molecule has 19 heavy (non-hydrogen) atoms. The Morgan fingerprint density at radius 1 is 1.05 bits per heavy atom. The molecular formula is C16H25BrN2. The first kappa shape index (κ1) is 14.9. The Morgan fingerprint density at radius 3 is 2.21 bits per heavy atom. The summed E-state index contributed by atoms with van der Waals surface area (Å²) in [5.41, 5.74) is 1.36. The van der Waals surface area contributed by atoms with E-state index in [-0.39, 0.29) is 0 Å². The summed E-state index contributed by atoms with van der Waals surface area (Å²) in [6.45, 7) is 10.5. The van der Waals surface area contributed by atoms with Gasteiger partial charge in [0, 0.05) is 43.7 Å². The van der Waals surface area contributed by atoms with Crippen molar-refractivity contribution in [3.05, 3.63) is 30.3 Å². The van der Waals surface area contributed by atoms with Gasteiger partial charge >= 0.3 is 0 Å². The summed E-state index contributed by atoms with van der Waals surface area (Å²) in [5, 5.41) is 1.11. The highest BCUT2D eigenvalue weighted by atomic mass is 79.9. The van der Waals surface area contributed by atoms with Gasteiger partial charge in [-0.05, 0) is 24.0 Å². The summed E-state index contributed by atoms with van der Waals surface area (Å²) in [5.74, 6) is 1.52. The van der Waals surface area contributed by atoms with Crippen LogP contribution in [0.25, 0.3) is 0 Å². The second kappa shape index (κ2) is 7.30. The van der Waals surface area contributed by atoms with Crippen LogP contribution in [0.4, 0.5) is 5.69 Å². The minimum Gasteiger partial charge on any atom is -0.369 e. The molecule has 2 rings (SSSR count). The lowest BCUT2D eigenvalue weighted by Gasteiger charge is -2.38. The van der Waals surface area contributed by atoms with Gasteiger partial charge in [0.2, 0.25) is 0 Å². The molecule has 0 aromatic heterocycles. The van der Waals surface area contributed by atoms with Gasteiger partial charge in [-0.1, -0.05) is 48.0 Å². The van der Waals surface area contributed by atoms with E-state index in [4.69, 9.17) is 0 Å². The standard InChI is InChI=1S/C16H25BrN2/c1-14(2)15(12-17)13-18-8-10-19(11-9-18)16-6-4-3-5-7-16/h3-7,14-15H,8-13H2,1-2H3. The molecule has 0 amide bonds. The molecule has 2 nitrogen and oxygen atoms in total. The monoisotopic (exact) mass is 324 g/mol. The Hall–Kier alpha value is -0.540. The predicted octanol–water partition coefficient (Wildman–Crippen LogP) is 3.48. The second-order valence-corrected chi connectivity index (χ2v) is 6.43. The van der Waals surface area contributed by atoms with Crippen molar-refractivity contribution in [3.8, 4) is 0 Å². The molecule has 3 heteroatoms. The third-order valence-electron chi connectivity index (χ3n) is 4.13. The lowest BCUT2D eigenvalue weighted by Crippen LogP contribution is -2.48. The highest BCUT2D eigenvalue weighted by Gasteiger charge is 2.21. The molecule has 1 unspecified atom stereocenters. The lowest BCUT2D eigenvalue weighted by molar-refractivity contribution is 0.204. The number of nitrogens with zero attached hydrogens (tertiary/aromatic N) is 2. The van der Waals surface area contributed by atoms with E-state index < -0.39 is 0 Å². The van der Waals surface area contributed by atoms with E-state index >= 15 is 0 Å². The SMILES string of the molecule is CC(C)C(CBr)CN1CCN(c2ccccc2)CC1. The van der Waals surface area contributed by atoms with Crippen LogP contribution in [0.5, 0.6) is 0 Å². The number of alkyl halides is 1. The predicted molar refractivity (Wildman–Crippen MR) is 87.2 cm³/mol. The number of benzene rings is 1. The van der Waals surface area contributed by atoms with Crippen molar-refractivity contribution in [2.24, 2.45) is 11.8 Å². The molecule has 1 atom stereocenters. The Bertz CT molecular complexity index is 358. The fourth-order valence-electron chi connectivity index (χ4n) is 2.60. The molecule has 0 bridgehead atoms. The first-order chi connectivity index (χ1) is 9.20. The van der Waals surface area contributed by atoms with Gasteiger partial charge in [0.25, 0.3) is 0 Å². The molecule has 106 valence electrons. The number of anilines is 1. The van der Waals surface area contributed by atoms with Crippen molar-refractivity contribution in [2.75, 3.05) is 43.0 Å². The minimum absolute atomic E-state index is 0.756. The van der Waals surface area contributed by atoms with Gasteiger partial charge < -0.3 is 4.90 Å². The molecule has 1 aromatic carbocycles. The normalized spacial score (nSPS) is 18.8. The zero-order valence-corrected chi connectivity index (χ0v) is 13.6. The molecule has 1 aliphatic heterocycles. The average Bonchev–Trinajstić information content (AvgIpc) is 2.46. The summed E-state index contributed by atoms with van der Waals surface area (Å²) < 4.78 is 0. The smallest absolute Gasteiger partial charge is 0.0367 e. The second-order valence-electron chi connectivity index (χ2n) is 5.78. The number of rotatable bonds is 5. The van der Waals surface area contributed by atoms with Gasteiger partial charge in [-0.2, -0.15) is 0 Å². The van der Waals surface area contributed by atoms with Crippen LogP contribution in [0.1, 0.15) is 13.8 Å². The van der Waals surface area contributed by atoms with E-state index in [0.29, 0.717) is 0 Å². The van der Waals surface area contributed by atoms with Crippen LogP contribution in [0.15, 0.2) is 30.3 Å². The van der Waals surface area contributed by atoms with Crippen molar-refractivity contribution in [1.29, 1.82) is 0 Å². The topological polar surface area (TPSA) is 6.48 Å². The van der Waals surface area contributed by atoms with Gasteiger partial charge in [0.1, 0.15) is 0 Å².